The molecule has 1 atom stereocenters. The second-order valence-corrected chi connectivity index (χ2v) is 6.82. The molecule has 3 rings (SSSR count). The van der Waals surface area contributed by atoms with Crippen LogP contribution in [-0.4, -0.2) is 20.3 Å². The van der Waals surface area contributed by atoms with Crippen LogP contribution >= 0.6 is 27.3 Å². The van der Waals surface area contributed by atoms with E-state index in [0.29, 0.717) is 0 Å². The standard InChI is InChI=1S/C16H18BrNO2S/c1-3-18-15(14-8-12(19-2)9-21-14)13-7-11(17)6-10-4-5-20-16(10)13/h6-9,15,18H,3-5H2,1-2H3. The highest BCUT2D eigenvalue weighted by Crippen LogP contribution is 2.40. The fraction of sp³-hybridized carbons (Fsp3) is 0.375. The van der Waals surface area contributed by atoms with Crippen molar-refractivity contribution in [2.75, 3.05) is 20.3 Å². The molecule has 1 N–H and O–H groups in total. The zero-order chi connectivity index (χ0) is 14.8. The van der Waals surface area contributed by atoms with Crippen LogP contribution in [0.15, 0.2) is 28.1 Å². The first-order valence-corrected chi connectivity index (χ1v) is 8.71. The van der Waals surface area contributed by atoms with Crippen molar-refractivity contribution in [3.8, 4) is 11.5 Å². The van der Waals surface area contributed by atoms with Crippen LogP contribution in [0.4, 0.5) is 0 Å². The zero-order valence-corrected chi connectivity index (χ0v) is 14.5. The SMILES string of the molecule is CCNC(c1cc(OC)cs1)c1cc(Br)cc2c1OCC2. The molecular weight excluding hydrogens is 350 g/mol. The van der Waals surface area contributed by atoms with E-state index in [0.717, 1.165) is 35.5 Å². The Bertz CT molecular complexity index is 641. The maximum absolute atomic E-state index is 5.88. The number of thiophene rings is 1. The van der Waals surface area contributed by atoms with Gasteiger partial charge in [-0.25, -0.2) is 0 Å². The summed E-state index contributed by atoms with van der Waals surface area (Å²) in [4.78, 5) is 1.24. The van der Waals surface area contributed by atoms with Crippen LogP contribution < -0.4 is 14.8 Å². The minimum absolute atomic E-state index is 0.133. The molecule has 5 heteroatoms. The highest BCUT2D eigenvalue weighted by Gasteiger charge is 2.25. The lowest BCUT2D eigenvalue weighted by atomic mass is 10.0. The average molecular weight is 368 g/mol. The van der Waals surface area contributed by atoms with Gasteiger partial charge in [-0.15, -0.1) is 11.3 Å². The van der Waals surface area contributed by atoms with Crippen molar-refractivity contribution in [2.24, 2.45) is 0 Å². The van der Waals surface area contributed by atoms with Gasteiger partial charge in [0.05, 0.1) is 19.8 Å². The van der Waals surface area contributed by atoms with Gasteiger partial charge in [0.2, 0.25) is 0 Å². The molecule has 0 aliphatic carbocycles. The topological polar surface area (TPSA) is 30.5 Å². The van der Waals surface area contributed by atoms with Gasteiger partial charge in [0.15, 0.2) is 0 Å². The van der Waals surface area contributed by atoms with Crippen LogP contribution in [0.1, 0.15) is 29.0 Å². The van der Waals surface area contributed by atoms with Crippen LogP contribution in [0.25, 0.3) is 0 Å². The highest BCUT2D eigenvalue weighted by molar-refractivity contribution is 9.10. The molecule has 0 saturated heterocycles. The Hall–Kier alpha value is -1.04. The third-order valence-electron chi connectivity index (χ3n) is 3.61. The van der Waals surface area contributed by atoms with Crippen molar-refractivity contribution in [3.05, 3.63) is 44.1 Å². The molecular formula is C16H18BrNO2S. The van der Waals surface area contributed by atoms with Gasteiger partial charge in [-0.1, -0.05) is 22.9 Å². The normalized spacial score (nSPS) is 14.6. The minimum atomic E-state index is 0.133. The highest BCUT2D eigenvalue weighted by atomic mass is 79.9. The average Bonchev–Trinajstić information content (AvgIpc) is 3.12. The summed E-state index contributed by atoms with van der Waals surface area (Å²) in [6, 6.07) is 6.54. The summed E-state index contributed by atoms with van der Waals surface area (Å²) in [6.45, 7) is 3.79. The number of hydrogen-bond donors (Lipinski definition) is 1. The van der Waals surface area contributed by atoms with E-state index in [1.54, 1.807) is 18.4 Å². The molecule has 0 amide bonds. The number of methoxy groups -OCH3 is 1. The van der Waals surface area contributed by atoms with Crippen molar-refractivity contribution in [3.63, 3.8) is 0 Å². The molecule has 0 saturated carbocycles. The second kappa shape index (κ2) is 6.38. The lowest BCUT2D eigenvalue weighted by Gasteiger charge is -2.20. The number of rotatable bonds is 5. The Balaban J connectivity index is 2.05. The smallest absolute Gasteiger partial charge is 0.129 e. The van der Waals surface area contributed by atoms with Crippen LogP contribution in [0, 0.1) is 0 Å². The maximum atomic E-state index is 5.88. The first-order valence-electron chi connectivity index (χ1n) is 7.03. The number of halogens is 1. The summed E-state index contributed by atoms with van der Waals surface area (Å²) in [5.41, 5.74) is 2.48. The molecule has 1 aliphatic rings. The van der Waals surface area contributed by atoms with Gasteiger partial charge in [-0.3, -0.25) is 0 Å². The maximum Gasteiger partial charge on any atom is 0.129 e. The molecule has 3 nitrogen and oxygen atoms in total. The van der Waals surface area contributed by atoms with Gasteiger partial charge >= 0.3 is 0 Å². The molecule has 1 aromatic carbocycles. The second-order valence-electron chi connectivity index (χ2n) is 4.96. The summed E-state index contributed by atoms with van der Waals surface area (Å²) < 4.78 is 12.3. The quantitative estimate of drug-likeness (QED) is 0.860. The van der Waals surface area contributed by atoms with Crippen molar-refractivity contribution < 1.29 is 9.47 Å². The van der Waals surface area contributed by atoms with Crippen LogP contribution in [-0.2, 0) is 6.42 Å². The predicted molar refractivity (Wildman–Crippen MR) is 89.7 cm³/mol. The van der Waals surface area contributed by atoms with Gasteiger partial charge in [0.1, 0.15) is 11.5 Å². The Morgan fingerprint density at radius 2 is 2.29 bits per heavy atom. The van der Waals surface area contributed by atoms with Crippen molar-refractivity contribution in [1.82, 2.24) is 5.32 Å². The van der Waals surface area contributed by atoms with Gasteiger partial charge in [0, 0.05) is 26.7 Å². The molecule has 1 aliphatic heterocycles. The van der Waals surface area contributed by atoms with Crippen molar-refractivity contribution in [1.29, 1.82) is 0 Å². The monoisotopic (exact) mass is 367 g/mol. The number of hydrogen-bond acceptors (Lipinski definition) is 4. The molecule has 1 unspecified atom stereocenters. The first kappa shape index (κ1) is 14.9. The lowest BCUT2D eigenvalue weighted by molar-refractivity contribution is 0.350. The van der Waals surface area contributed by atoms with E-state index in [4.69, 9.17) is 9.47 Å². The minimum Gasteiger partial charge on any atom is -0.496 e. The zero-order valence-electron chi connectivity index (χ0n) is 12.1. The van der Waals surface area contributed by atoms with Crippen LogP contribution in [0.5, 0.6) is 11.5 Å². The van der Waals surface area contributed by atoms with E-state index >= 15 is 0 Å². The molecule has 112 valence electrons. The van der Waals surface area contributed by atoms with Crippen LogP contribution in [0.2, 0.25) is 0 Å². The number of ether oxygens (including phenoxy) is 2. The fourth-order valence-electron chi connectivity index (χ4n) is 2.67. The van der Waals surface area contributed by atoms with Gasteiger partial charge in [0.25, 0.3) is 0 Å². The van der Waals surface area contributed by atoms with Gasteiger partial charge in [-0.2, -0.15) is 0 Å². The largest absolute Gasteiger partial charge is 0.496 e. The molecule has 1 aromatic heterocycles. The lowest BCUT2D eigenvalue weighted by Crippen LogP contribution is -2.21. The van der Waals surface area contributed by atoms with E-state index in [9.17, 15) is 0 Å². The van der Waals surface area contributed by atoms with Crippen LogP contribution in [0.3, 0.4) is 0 Å². The van der Waals surface area contributed by atoms with Crippen molar-refractivity contribution in [2.45, 2.75) is 19.4 Å². The summed E-state index contributed by atoms with van der Waals surface area (Å²) in [5.74, 6) is 1.95. The first-order chi connectivity index (χ1) is 10.2. The molecule has 21 heavy (non-hydrogen) atoms. The van der Waals surface area contributed by atoms with E-state index in [-0.39, 0.29) is 6.04 Å². The Morgan fingerprint density at radius 1 is 1.43 bits per heavy atom. The van der Waals surface area contributed by atoms with Gasteiger partial charge < -0.3 is 14.8 Å². The Morgan fingerprint density at radius 3 is 3.00 bits per heavy atom. The third-order valence-corrected chi connectivity index (χ3v) is 5.05. The molecule has 0 radical (unpaired) electrons. The van der Waals surface area contributed by atoms with E-state index in [2.05, 4.69) is 46.4 Å². The van der Waals surface area contributed by atoms with E-state index < -0.39 is 0 Å². The number of nitrogens with one attached hydrogen (secondary N) is 1. The summed E-state index contributed by atoms with van der Waals surface area (Å²) in [7, 11) is 1.70. The van der Waals surface area contributed by atoms with E-state index in [1.807, 2.05) is 5.38 Å². The molecule has 2 heterocycles. The van der Waals surface area contributed by atoms with E-state index in [1.165, 1.54) is 16.0 Å². The molecule has 0 fully saturated rings. The molecule has 0 spiro atoms. The fourth-order valence-corrected chi connectivity index (χ4v) is 4.14. The van der Waals surface area contributed by atoms with Crippen molar-refractivity contribution >= 4 is 27.3 Å². The Kier molecular flexibility index (Phi) is 4.52. The number of benzene rings is 1. The third kappa shape index (κ3) is 2.96. The molecule has 2 aromatic rings. The summed E-state index contributed by atoms with van der Waals surface area (Å²) in [6.07, 6.45) is 0.981. The predicted octanol–water partition coefficient (Wildman–Crippen LogP) is 4.15. The Labute approximate surface area is 137 Å². The molecule has 0 bridgehead atoms. The summed E-state index contributed by atoms with van der Waals surface area (Å²) >= 11 is 5.33. The number of fused-ring (bicyclic) bond motifs is 1. The van der Waals surface area contributed by atoms with Gasteiger partial charge in [-0.05, 0) is 30.3 Å². The summed E-state index contributed by atoms with van der Waals surface area (Å²) in [5, 5.41) is 5.60.